The van der Waals surface area contributed by atoms with Crippen LogP contribution in [0.15, 0.2) is 36.7 Å². The van der Waals surface area contributed by atoms with Crippen molar-refractivity contribution in [1.82, 2.24) is 15.1 Å². The second-order valence-electron chi connectivity index (χ2n) is 6.55. The van der Waals surface area contributed by atoms with E-state index in [9.17, 15) is 15.0 Å². The molecule has 0 bridgehead atoms. The first kappa shape index (κ1) is 16.5. The summed E-state index contributed by atoms with van der Waals surface area (Å²) in [4.78, 5) is 12.4. The molecule has 6 nitrogen and oxygen atoms in total. The maximum atomic E-state index is 12.4. The van der Waals surface area contributed by atoms with E-state index in [0.717, 1.165) is 11.1 Å². The second-order valence-corrected chi connectivity index (χ2v) is 6.55. The van der Waals surface area contributed by atoms with Crippen molar-refractivity contribution < 1.29 is 15.0 Å². The number of nitrogens with one attached hydrogen (secondary N) is 1. The lowest BCUT2D eigenvalue weighted by molar-refractivity contribution is -0.123. The van der Waals surface area contributed by atoms with E-state index >= 15 is 0 Å². The van der Waals surface area contributed by atoms with Gasteiger partial charge in [0.2, 0.25) is 5.91 Å². The van der Waals surface area contributed by atoms with Gasteiger partial charge in [-0.3, -0.25) is 9.48 Å². The lowest BCUT2D eigenvalue weighted by Crippen LogP contribution is -2.41. The van der Waals surface area contributed by atoms with Gasteiger partial charge >= 0.3 is 0 Å². The molecule has 1 aromatic heterocycles. The Bertz CT molecular complexity index is 707. The maximum absolute atomic E-state index is 12.4. The Morgan fingerprint density at radius 3 is 2.88 bits per heavy atom. The van der Waals surface area contributed by atoms with Crippen molar-refractivity contribution >= 4 is 5.91 Å². The van der Waals surface area contributed by atoms with Crippen LogP contribution in [0.2, 0.25) is 0 Å². The number of phenols is 1. The van der Waals surface area contributed by atoms with Crippen LogP contribution in [0.5, 0.6) is 5.75 Å². The van der Waals surface area contributed by atoms with E-state index in [2.05, 4.69) is 10.4 Å². The van der Waals surface area contributed by atoms with Crippen LogP contribution in [0, 0.1) is 5.92 Å². The van der Waals surface area contributed by atoms with Gasteiger partial charge in [-0.2, -0.15) is 5.10 Å². The lowest BCUT2D eigenvalue weighted by Gasteiger charge is -2.37. The molecule has 0 aliphatic heterocycles. The van der Waals surface area contributed by atoms with Gasteiger partial charge in [-0.15, -0.1) is 0 Å². The summed E-state index contributed by atoms with van der Waals surface area (Å²) in [5, 5.41) is 26.3. The molecular formula is C18H23N3O3. The number of aromatic nitrogens is 2. The van der Waals surface area contributed by atoms with Gasteiger partial charge in [-0.25, -0.2) is 0 Å². The third-order valence-corrected chi connectivity index (χ3v) is 4.57. The molecule has 3 N–H and O–H groups in total. The van der Waals surface area contributed by atoms with Crippen LogP contribution in [0.1, 0.15) is 36.4 Å². The monoisotopic (exact) mass is 329 g/mol. The maximum Gasteiger partial charge on any atom is 0.220 e. The molecule has 1 saturated carbocycles. The zero-order valence-corrected chi connectivity index (χ0v) is 13.7. The van der Waals surface area contributed by atoms with Crippen LogP contribution < -0.4 is 5.32 Å². The summed E-state index contributed by atoms with van der Waals surface area (Å²) in [5.74, 6) is 0.423. The quantitative estimate of drug-likeness (QED) is 0.752. The molecule has 0 saturated heterocycles. The minimum Gasteiger partial charge on any atom is -0.508 e. The van der Waals surface area contributed by atoms with Crippen LogP contribution in [-0.4, -0.2) is 32.0 Å². The van der Waals surface area contributed by atoms with Crippen molar-refractivity contribution in [3.8, 4) is 5.75 Å². The standard InChI is InChI=1S/C18H23N3O3/c1-21-11-14(10-19-21)18(13-8-16(23)9-13)20-17(24)6-5-12-3-2-4-15(22)7-12/h2-4,7,10-11,13,16,18,22-23H,5-6,8-9H2,1H3,(H,20,24)/t13?,16?,18-/m1/s1. The highest BCUT2D eigenvalue weighted by Gasteiger charge is 2.36. The van der Waals surface area contributed by atoms with Gasteiger partial charge in [0.1, 0.15) is 5.75 Å². The summed E-state index contributed by atoms with van der Waals surface area (Å²) in [6.07, 6.45) is 5.75. The summed E-state index contributed by atoms with van der Waals surface area (Å²) in [7, 11) is 1.85. The van der Waals surface area contributed by atoms with E-state index in [-0.39, 0.29) is 29.7 Å². The number of nitrogens with zero attached hydrogens (tertiary/aromatic N) is 2. The van der Waals surface area contributed by atoms with Crippen LogP contribution >= 0.6 is 0 Å². The Kier molecular flexibility index (Phi) is 4.85. The fourth-order valence-corrected chi connectivity index (χ4v) is 3.19. The van der Waals surface area contributed by atoms with E-state index < -0.39 is 0 Å². The van der Waals surface area contributed by atoms with Gasteiger partial charge in [0.05, 0.1) is 18.3 Å². The molecule has 3 rings (SSSR count). The third-order valence-electron chi connectivity index (χ3n) is 4.57. The molecule has 1 aliphatic carbocycles. The molecule has 2 aromatic rings. The Balaban J connectivity index is 1.60. The fraction of sp³-hybridized carbons (Fsp3) is 0.444. The van der Waals surface area contributed by atoms with Crippen LogP contribution in [0.25, 0.3) is 0 Å². The van der Waals surface area contributed by atoms with Gasteiger partial charge in [0.15, 0.2) is 0 Å². The summed E-state index contributed by atoms with van der Waals surface area (Å²) >= 11 is 0. The average Bonchev–Trinajstić information content (AvgIpc) is 2.94. The largest absolute Gasteiger partial charge is 0.508 e. The highest BCUT2D eigenvalue weighted by atomic mass is 16.3. The van der Waals surface area contributed by atoms with Crippen molar-refractivity contribution in [2.75, 3.05) is 0 Å². The molecule has 1 aliphatic rings. The van der Waals surface area contributed by atoms with Crippen molar-refractivity contribution in [3.63, 3.8) is 0 Å². The molecule has 24 heavy (non-hydrogen) atoms. The molecule has 1 aromatic carbocycles. The molecule has 1 fully saturated rings. The molecule has 0 radical (unpaired) electrons. The molecule has 1 amide bonds. The molecule has 0 unspecified atom stereocenters. The minimum absolute atomic E-state index is 0.0337. The summed E-state index contributed by atoms with van der Waals surface area (Å²) < 4.78 is 1.72. The van der Waals surface area contributed by atoms with Crippen LogP contribution in [0.3, 0.4) is 0 Å². The first-order valence-electron chi connectivity index (χ1n) is 8.25. The number of hydrogen-bond acceptors (Lipinski definition) is 4. The van der Waals surface area contributed by atoms with Crippen LogP contribution in [0.4, 0.5) is 0 Å². The second kappa shape index (κ2) is 7.05. The molecule has 128 valence electrons. The average molecular weight is 329 g/mol. The van der Waals surface area contributed by atoms with Crippen molar-refractivity contribution in [2.45, 2.75) is 37.8 Å². The van der Waals surface area contributed by atoms with Gasteiger partial charge in [0.25, 0.3) is 0 Å². The van der Waals surface area contributed by atoms with E-state index in [0.29, 0.717) is 25.7 Å². The Morgan fingerprint density at radius 1 is 1.46 bits per heavy atom. The normalized spacial score (nSPS) is 21.1. The van der Waals surface area contributed by atoms with Gasteiger partial charge in [-0.1, -0.05) is 12.1 Å². The SMILES string of the molecule is Cn1cc([C@H](NC(=O)CCc2cccc(O)c2)C2CC(O)C2)cn1. The van der Waals surface area contributed by atoms with Crippen molar-refractivity contribution in [2.24, 2.45) is 13.0 Å². The van der Waals surface area contributed by atoms with Gasteiger partial charge in [0, 0.05) is 25.2 Å². The molecule has 0 spiro atoms. The van der Waals surface area contributed by atoms with Gasteiger partial charge < -0.3 is 15.5 Å². The Hall–Kier alpha value is -2.34. The first-order chi connectivity index (χ1) is 11.5. The number of hydrogen-bond donors (Lipinski definition) is 3. The number of rotatable bonds is 6. The lowest BCUT2D eigenvalue weighted by atomic mass is 9.75. The number of carbonyl (C=O) groups excluding carboxylic acids is 1. The topological polar surface area (TPSA) is 87.4 Å². The highest BCUT2D eigenvalue weighted by Crippen LogP contribution is 2.38. The number of phenolic OH excluding ortho intramolecular Hbond substituents is 1. The number of aryl methyl sites for hydroxylation is 2. The Labute approximate surface area is 141 Å². The molecule has 1 heterocycles. The van der Waals surface area contributed by atoms with E-state index in [1.807, 2.05) is 19.3 Å². The summed E-state index contributed by atoms with van der Waals surface area (Å²) in [6, 6.07) is 6.85. The zero-order chi connectivity index (χ0) is 17.1. The minimum atomic E-state index is -0.265. The number of carbonyl (C=O) groups is 1. The van der Waals surface area contributed by atoms with E-state index in [4.69, 9.17) is 0 Å². The predicted molar refractivity (Wildman–Crippen MR) is 89.3 cm³/mol. The Morgan fingerprint density at radius 2 is 2.25 bits per heavy atom. The molecular weight excluding hydrogens is 306 g/mol. The smallest absolute Gasteiger partial charge is 0.220 e. The van der Waals surface area contributed by atoms with Crippen molar-refractivity contribution in [1.29, 1.82) is 0 Å². The number of aliphatic hydroxyl groups excluding tert-OH is 1. The van der Waals surface area contributed by atoms with Crippen LogP contribution in [-0.2, 0) is 18.3 Å². The number of amides is 1. The van der Waals surface area contributed by atoms with Gasteiger partial charge in [-0.05, 0) is 42.9 Å². The predicted octanol–water partition coefficient (Wildman–Crippen LogP) is 1.69. The number of benzene rings is 1. The fourth-order valence-electron chi connectivity index (χ4n) is 3.19. The number of aliphatic hydroxyl groups is 1. The van der Waals surface area contributed by atoms with E-state index in [1.165, 1.54) is 0 Å². The first-order valence-corrected chi connectivity index (χ1v) is 8.25. The molecule has 6 heteroatoms. The summed E-state index contributed by atoms with van der Waals surface area (Å²) in [5.41, 5.74) is 1.90. The number of aromatic hydroxyl groups is 1. The zero-order valence-electron chi connectivity index (χ0n) is 13.7. The highest BCUT2D eigenvalue weighted by molar-refractivity contribution is 5.76. The van der Waals surface area contributed by atoms with E-state index in [1.54, 1.807) is 29.1 Å². The van der Waals surface area contributed by atoms with Crippen molar-refractivity contribution in [3.05, 3.63) is 47.8 Å². The third kappa shape index (κ3) is 3.94. The molecule has 1 atom stereocenters. The summed E-state index contributed by atoms with van der Waals surface area (Å²) in [6.45, 7) is 0.